The Morgan fingerprint density at radius 1 is 1.38 bits per heavy atom. The van der Waals surface area contributed by atoms with Gasteiger partial charge in [-0.1, -0.05) is 0 Å². The lowest BCUT2D eigenvalue weighted by atomic mass is 10.4. The maximum Gasteiger partial charge on any atom is 0.266 e. The Morgan fingerprint density at radius 2 is 1.92 bits per heavy atom. The lowest BCUT2D eigenvalue weighted by molar-refractivity contribution is -0.427. The second-order valence-electron chi connectivity index (χ2n) is 2.79. The van der Waals surface area contributed by atoms with Gasteiger partial charge in [0.15, 0.2) is 0 Å². The highest BCUT2D eigenvalue weighted by Crippen LogP contribution is 2.11. The van der Waals surface area contributed by atoms with Crippen LogP contribution >= 0.6 is 0 Å². The minimum Gasteiger partial charge on any atom is -0.282 e. The smallest absolute Gasteiger partial charge is 0.266 e. The number of carbonyl (C=O) groups is 3. The second kappa shape index (κ2) is 3.99. The summed E-state index contributed by atoms with van der Waals surface area (Å²) in [5, 5.41) is 0. The van der Waals surface area contributed by atoms with Crippen molar-refractivity contribution in [3.8, 4) is 0 Å². The summed E-state index contributed by atoms with van der Waals surface area (Å²) in [4.78, 5) is 34.0. The molecule has 1 heterocycles. The van der Waals surface area contributed by atoms with Crippen LogP contribution in [0.4, 0.5) is 0 Å². The molecule has 3 amide bonds. The van der Waals surface area contributed by atoms with Crippen molar-refractivity contribution >= 4 is 17.7 Å². The molecule has 0 aromatic heterocycles. The van der Waals surface area contributed by atoms with E-state index in [-0.39, 0.29) is 43.5 Å². The maximum absolute atomic E-state index is 11.0. The Labute approximate surface area is 75.0 Å². The number of amides is 3. The van der Waals surface area contributed by atoms with Crippen LogP contribution in [0.15, 0.2) is 0 Å². The first-order valence-corrected chi connectivity index (χ1v) is 4.04. The standard InChI is InChI=1S/C7H11N3O3/c8-9-5(11)3-4-10-6(12)1-2-7(10)13/h1-4,8H2,(H,9,11)/p+1. The summed E-state index contributed by atoms with van der Waals surface area (Å²) in [6.07, 6.45) is 0.663. The number of nitrogens with one attached hydrogen (secondary N) is 1. The molecule has 6 nitrogen and oxygen atoms in total. The molecule has 0 atom stereocenters. The van der Waals surface area contributed by atoms with Gasteiger partial charge < -0.3 is 0 Å². The first-order chi connectivity index (χ1) is 6.15. The fourth-order valence-corrected chi connectivity index (χ4v) is 1.17. The average Bonchev–Trinajstić information content (AvgIpc) is 2.43. The molecule has 0 aromatic carbocycles. The van der Waals surface area contributed by atoms with Crippen LogP contribution in [0.1, 0.15) is 19.3 Å². The van der Waals surface area contributed by atoms with Gasteiger partial charge in [-0.3, -0.25) is 25.1 Å². The Kier molecular flexibility index (Phi) is 2.97. The average molecular weight is 186 g/mol. The largest absolute Gasteiger partial charge is 0.282 e. The van der Waals surface area contributed by atoms with Gasteiger partial charge >= 0.3 is 0 Å². The predicted molar refractivity (Wildman–Crippen MR) is 41.6 cm³/mol. The summed E-state index contributed by atoms with van der Waals surface area (Å²) in [7, 11) is 0. The molecule has 13 heavy (non-hydrogen) atoms. The fourth-order valence-electron chi connectivity index (χ4n) is 1.17. The predicted octanol–water partition coefficient (Wildman–Crippen LogP) is -2.20. The normalized spacial score (nSPS) is 16.5. The Hall–Kier alpha value is -1.43. The van der Waals surface area contributed by atoms with Crippen LogP contribution in [0, 0.1) is 0 Å². The lowest BCUT2D eigenvalue weighted by Gasteiger charge is -2.11. The van der Waals surface area contributed by atoms with E-state index in [0.717, 1.165) is 4.90 Å². The van der Waals surface area contributed by atoms with Gasteiger partial charge in [-0.15, -0.1) is 0 Å². The van der Waals surface area contributed by atoms with Gasteiger partial charge in [0.25, 0.3) is 5.91 Å². The number of nitrogens with zero attached hydrogens (tertiary/aromatic N) is 1. The van der Waals surface area contributed by atoms with Crippen LogP contribution < -0.4 is 11.3 Å². The van der Waals surface area contributed by atoms with Crippen LogP contribution in [0.25, 0.3) is 0 Å². The second-order valence-corrected chi connectivity index (χ2v) is 2.79. The van der Waals surface area contributed by atoms with E-state index in [1.807, 2.05) is 0 Å². The van der Waals surface area contributed by atoms with Crippen molar-refractivity contribution in [3.63, 3.8) is 0 Å². The van der Waals surface area contributed by atoms with Crippen molar-refractivity contribution in [1.29, 1.82) is 0 Å². The van der Waals surface area contributed by atoms with E-state index in [1.165, 1.54) is 0 Å². The number of carbonyl (C=O) groups excluding carboxylic acids is 3. The number of quaternary nitrogens is 1. The molecule has 0 saturated carbocycles. The van der Waals surface area contributed by atoms with Crippen molar-refractivity contribution in [1.82, 2.24) is 10.3 Å². The van der Waals surface area contributed by atoms with E-state index in [0.29, 0.717) is 0 Å². The maximum atomic E-state index is 11.0. The monoisotopic (exact) mass is 186 g/mol. The highest BCUT2D eigenvalue weighted by molar-refractivity contribution is 6.02. The first-order valence-electron chi connectivity index (χ1n) is 4.04. The number of imide groups is 1. The van der Waals surface area contributed by atoms with Crippen LogP contribution in [0.3, 0.4) is 0 Å². The minimum atomic E-state index is -0.271. The molecule has 0 spiro atoms. The molecule has 0 bridgehead atoms. The zero-order chi connectivity index (χ0) is 9.84. The van der Waals surface area contributed by atoms with Crippen molar-refractivity contribution < 1.29 is 20.2 Å². The van der Waals surface area contributed by atoms with Gasteiger partial charge in [0.05, 0.1) is 0 Å². The number of hydrogen-bond donors (Lipinski definition) is 2. The Bertz CT molecular complexity index is 235. The molecule has 1 fully saturated rings. The molecule has 1 rings (SSSR count). The summed E-state index contributed by atoms with van der Waals surface area (Å²) >= 11 is 0. The first kappa shape index (κ1) is 9.66. The number of hydrogen-bond acceptors (Lipinski definition) is 3. The third-order valence-corrected chi connectivity index (χ3v) is 1.91. The minimum absolute atomic E-state index is 0.126. The summed E-state index contributed by atoms with van der Waals surface area (Å²) in [6.45, 7) is 0.166. The quantitative estimate of drug-likeness (QED) is 0.387. The van der Waals surface area contributed by atoms with Crippen LogP contribution in [0.2, 0.25) is 0 Å². The Balaban J connectivity index is 2.40. The van der Waals surface area contributed by atoms with E-state index >= 15 is 0 Å². The van der Waals surface area contributed by atoms with E-state index in [4.69, 9.17) is 0 Å². The van der Waals surface area contributed by atoms with Crippen LogP contribution in [0.5, 0.6) is 0 Å². The van der Waals surface area contributed by atoms with E-state index in [9.17, 15) is 14.4 Å². The molecule has 1 aliphatic heterocycles. The molecular formula is C7H12N3O3+. The van der Waals surface area contributed by atoms with Gasteiger partial charge in [-0.2, -0.15) is 0 Å². The molecule has 1 aliphatic rings. The number of likely N-dealkylation sites (tertiary alicyclic amines) is 1. The summed E-state index contributed by atoms with van der Waals surface area (Å²) in [5.41, 5.74) is 2.18. The van der Waals surface area contributed by atoms with Gasteiger partial charge in [-0.05, 0) is 0 Å². The van der Waals surface area contributed by atoms with Crippen molar-refractivity contribution in [2.24, 2.45) is 0 Å². The third kappa shape index (κ3) is 2.25. The van der Waals surface area contributed by atoms with E-state index < -0.39 is 0 Å². The molecule has 0 unspecified atom stereocenters. The molecule has 0 radical (unpaired) electrons. The van der Waals surface area contributed by atoms with Crippen molar-refractivity contribution in [2.75, 3.05) is 6.54 Å². The zero-order valence-corrected chi connectivity index (χ0v) is 7.21. The summed E-state index contributed by atoms with van der Waals surface area (Å²) in [5.74, 6) is 2.52. The van der Waals surface area contributed by atoms with Crippen molar-refractivity contribution in [2.45, 2.75) is 19.3 Å². The molecular weight excluding hydrogens is 174 g/mol. The van der Waals surface area contributed by atoms with Crippen molar-refractivity contribution in [3.05, 3.63) is 0 Å². The summed E-state index contributed by atoms with van der Waals surface area (Å²) < 4.78 is 0. The highest BCUT2D eigenvalue weighted by Gasteiger charge is 2.28. The number of rotatable bonds is 3. The Morgan fingerprint density at radius 3 is 2.38 bits per heavy atom. The molecule has 6 heteroatoms. The van der Waals surface area contributed by atoms with Gasteiger partial charge in [0.1, 0.15) is 0 Å². The van der Waals surface area contributed by atoms with Gasteiger partial charge in [-0.25, -0.2) is 5.43 Å². The molecule has 0 aliphatic carbocycles. The van der Waals surface area contributed by atoms with Crippen LogP contribution in [-0.4, -0.2) is 29.2 Å². The molecule has 4 N–H and O–H groups in total. The summed E-state index contributed by atoms with van der Waals surface area (Å²) in [6, 6.07) is 0. The molecule has 0 aromatic rings. The third-order valence-electron chi connectivity index (χ3n) is 1.91. The van der Waals surface area contributed by atoms with Gasteiger partial charge in [0.2, 0.25) is 11.8 Å². The molecule has 1 saturated heterocycles. The SMILES string of the molecule is [NH3+]NC(=O)CCN1C(=O)CCC1=O. The van der Waals surface area contributed by atoms with E-state index in [1.54, 1.807) is 0 Å². The van der Waals surface area contributed by atoms with E-state index in [2.05, 4.69) is 11.3 Å². The zero-order valence-electron chi connectivity index (χ0n) is 7.21. The highest BCUT2D eigenvalue weighted by atomic mass is 16.2. The fraction of sp³-hybridized carbons (Fsp3) is 0.571. The molecule has 72 valence electrons. The van der Waals surface area contributed by atoms with Crippen LogP contribution in [-0.2, 0) is 14.4 Å². The lowest BCUT2D eigenvalue weighted by Crippen LogP contribution is -2.67. The topological polar surface area (TPSA) is 94.1 Å². The van der Waals surface area contributed by atoms with Gasteiger partial charge in [0, 0.05) is 25.8 Å².